The average Bonchev–Trinajstić information content (AvgIpc) is 3.15. The largest absolute Gasteiger partial charge is 0.457 e. The highest BCUT2D eigenvalue weighted by molar-refractivity contribution is 6.01. The summed E-state index contributed by atoms with van der Waals surface area (Å²) in [5.74, 6) is 1.22. The zero-order chi connectivity index (χ0) is 16.8. The molecule has 0 aliphatic carbocycles. The summed E-state index contributed by atoms with van der Waals surface area (Å²) < 4.78 is 5.79. The molecule has 1 heterocycles. The molecule has 0 radical (unpaired) electrons. The van der Waals surface area contributed by atoms with Crippen LogP contribution in [0, 0.1) is 11.3 Å². The molecule has 0 aromatic heterocycles. The second-order valence-electron chi connectivity index (χ2n) is 5.66. The van der Waals surface area contributed by atoms with Gasteiger partial charge < -0.3 is 9.64 Å². The molecule has 2 aromatic carbocycles. The summed E-state index contributed by atoms with van der Waals surface area (Å²) in [5, 5.41) is 9.33. The van der Waals surface area contributed by atoms with Gasteiger partial charge in [-0.25, -0.2) is 0 Å². The molecule has 24 heavy (non-hydrogen) atoms. The van der Waals surface area contributed by atoms with Crippen LogP contribution in [0.1, 0.15) is 18.4 Å². The molecule has 1 fully saturated rings. The smallest absolute Gasteiger partial charge is 0.264 e. The number of amides is 1. The summed E-state index contributed by atoms with van der Waals surface area (Å²) in [6.45, 7) is 1.46. The Morgan fingerprint density at radius 2 is 1.75 bits per heavy atom. The fraction of sp³-hybridized carbons (Fsp3) is 0.200. The van der Waals surface area contributed by atoms with E-state index in [4.69, 9.17) is 4.74 Å². The Kier molecular flexibility index (Phi) is 4.93. The Hall–Kier alpha value is -3.06. The molecule has 1 saturated heterocycles. The summed E-state index contributed by atoms with van der Waals surface area (Å²) >= 11 is 0. The van der Waals surface area contributed by atoms with Crippen LogP contribution in [0.4, 0.5) is 0 Å². The van der Waals surface area contributed by atoms with E-state index in [1.54, 1.807) is 11.0 Å². The monoisotopic (exact) mass is 318 g/mol. The molecule has 1 aliphatic rings. The molecule has 1 amide bonds. The van der Waals surface area contributed by atoms with Crippen LogP contribution in [-0.4, -0.2) is 23.9 Å². The summed E-state index contributed by atoms with van der Waals surface area (Å²) in [7, 11) is 0. The Bertz CT molecular complexity index is 785. The van der Waals surface area contributed by atoms with Gasteiger partial charge in [0.1, 0.15) is 23.1 Å². The van der Waals surface area contributed by atoms with Gasteiger partial charge in [-0.3, -0.25) is 4.79 Å². The van der Waals surface area contributed by atoms with E-state index in [0.29, 0.717) is 5.75 Å². The highest BCUT2D eigenvalue weighted by Gasteiger charge is 2.21. The normalized spacial score (nSPS) is 14.3. The predicted octanol–water partition coefficient (Wildman–Crippen LogP) is 4.01. The van der Waals surface area contributed by atoms with E-state index in [1.165, 1.54) is 0 Å². The quantitative estimate of drug-likeness (QED) is 0.632. The first-order chi connectivity index (χ1) is 11.8. The van der Waals surface area contributed by atoms with Crippen LogP contribution in [0.2, 0.25) is 0 Å². The zero-order valence-electron chi connectivity index (χ0n) is 13.3. The number of nitriles is 1. The van der Waals surface area contributed by atoms with Gasteiger partial charge in [-0.05, 0) is 48.7 Å². The number of carbonyl (C=O) groups excluding carboxylic acids is 1. The Morgan fingerprint density at radius 1 is 1.04 bits per heavy atom. The second-order valence-corrected chi connectivity index (χ2v) is 5.66. The van der Waals surface area contributed by atoms with Gasteiger partial charge in [0.05, 0.1) is 0 Å². The number of benzene rings is 2. The first-order valence-electron chi connectivity index (χ1n) is 8.00. The molecule has 3 rings (SSSR count). The molecule has 0 saturated carbocycles. The zero-order valence-corrected chi connectivity index (χ0v) is 13.3. The van der Waals surface area contributed by atoms with Gasteiger partial charge in [0, 0.05) is 13.1 Å². The maximum absolute atomic E-state index is 12.4. The van der Waals surface area contributed by atoms with E-state index in [9.17, 15) is 10.1 Å². The van der Waals surface area contributed by atoms with Gasteiger partial charge in [0.2, 0.25) is 0 Å². The minimum Gasteiger partial charge on any atom is -0.457 e. The van der Waals surface area contributed by atoms with Crippen molar-refractivity contribution >= 4 is 12.0 Å². The number of rotatable bonds is 4. The molecule has 2 aromatic rings. The Balaban J connectivity index is 1.79. The minimum atomic E-state index is -0.190. The van der Waals surface area contributed by atoms with Crippen molar-refractivity contribution in [3.8, 4) is 17.6 Å². The molecule has 0 bridgehead atoms. The molecule has 120 valence electrons. The van der Waals surface area contributed by atoms with Crippen molar-refractivity contribution in [2.45, 2.75) is 12.8 Å². The van der Waals surface area contributed by atoms with Crippen LogP contribution in [0.15, 0.2) is 60.2 Å². The number of para-hydroxylation sites is 1. The van der Waals surface area contributed by atoms with Crippen molar-refractivity contribution in [3.05, 3.63) is 65.7 Å². The van der Waals surface area contributed by atoms with E-state index in [2.05, 4.69) is 0 Å². The van der Waals surface area contributed by atoms with Crippen molar-refractivity contribution in [1.82, 2.24) is 4.90 Å². The standard InChI is InChI=1S/C20H18N2O2/c21-15-17(20(23)22-11-4-5-12-22)13-16-7-6-10-19(14-16)24-18-8-2-1-3-9-18/h1-3,6-10,13-14H,4-5,11-12H2/b17-13+. The highest BCUT2D eigenvalue weighted by atomic mass is 16.5. The lowest BCUT2D eigenvalue weighted by Gasteiger charge is -2.14. The predicted molar refractivity (Wildman–Crippen MR) is 92.4 cm³/mol. The molecule has 4 nitrogen and oxygen atoms in total. The maximum Gasteiger partial charge on any atom is 0.264 e. The van der Waals surface area contributed by atoms with Gasteiger partial charge >= 0.3 is 0 Å². The number of nitrogens with zero attached hydrogens (tertiary/aromatic N) is 2. The fourth-order valence-electron chi connectivity index (χ4n) is 2.69. The minimum absolute atomic E-state index is 0.161. The van der Waals surface area contributed by atoms with Gasteiger partial charge in [0.15, 0.2) is 0 Å². The van der Waals surface area contributed by atoms with Gasteiger partial charge in [-0.1, -0.05) is 30.3 Å². The van der Waals surface area contributed by atoms with Crippen molar-refractivity contribution in [3.63, 3.8) is 0 Å². The lowest BCUT2D eigenvalue weighted by molar-refractivity contribution is -0.125. The van der Waals surface area contributed by atoms with Crippen molar-refractivity contribution in [2.75, 3.05) is 13.1 Å². The summed E-state index contributed by atoms with van der Waals surface area (Å²) in [6.07, 6.45) is 3.63. The summed E-state index contributed by atoms with van der Waals surface area (Å²) in [4.78, 5) is 14.1. The second kappa shape index (κ2) is 7.47. The van der Waals surface area contributed by atoms with E-state index >= 15 is 0 Å². The van der Waals surface area contributed by atoms with Crippen LogP contribution in [0.25, 0.3) is 6.08 Å². The number of likely N-dealkylation sites (tertiary alicyclic amines) is 1. The van der Waals surface area contributed by atoms with Crippen LogP contribution in [-0.2, 0) is 4.79 Å². The number of carbonyl (C=O) groups is 1. The Labute approximate surface area is 141 Å². The molecule has 0 spiro atoms. The van der Waals surface area contributed by atoms with Gasteiger partial charge in [-0.15, -0.1) is 0 Å². The lowest BCUT2D eigenvalue weighted by atomic mass is 10.1. The van der Waals surface area contributed by atoms with Crippen LogP contribution in [0.5, 0.6) is 11.5 Å². The number of ether oxygens (including phenoxy) is 1. The van der Waals surface area contributed by atoms with Gasteiger partial charge in [-0.2, -0.15) is 5.26 Å². The third-order valence-corrected chi connectivity index (χ3v) is 3.89. The van der Waals surface area contributed by atoms with Crippen LogP contribution >= 0.6 is 0 Å². The first-order valence-corrected chi connectivity index (χ1v) is 8.00. The van der Waals surface area contributed by atoms with Crippen molar-refractivity contribution in [2.24, 2.45) is 0 Å². The highest BCUT2D eigenvalue weighted by Crippen LogP contribution is 2.23. The summed E-state index contributed by atoms with van der Waals surface area (Å²) in [5.41, 5.74) is 0.932. The van der Waals surface area contributed by atoms with Crippen molar-refractivity contribution < 1.29 is 9.53 Å². The van der Waals surface area contributed by atoms with Crippen molar-refractivity contribution in [1.29, 1.82) is 5.26 Å². The molecule has 0 N–H and O–H groups in total. The first kappa shape index (κ1) is 15.8. The molecule has 1 aliphatic heterocycles. The Morgan fingerprint density at radius 3 is 2.46 bits per heavy atom. The molecule has 0 unspecified atom stereocenters. The van der Waals surface area contributed by atoms with E-state index in [1.807, 2.05) is 60.7 Å². The topological polar surface area (TPSA) is 53.3 Å². The van der Waals surface area contributed by atoms with E-state index in [0.717, 1.165) is 37.2 Å². The third-order valence-electron chi connectivity index (χ3n) is 3.89. The molecular weight excluding hydrogens is 300 g/mol. The maximum atomic E-state index is 12.4. The SMILES string of the molecule is N#C/C(=C\c1cccc(Oc2ccccc2)c1)C(=O)N1CCCC1. The van der Waals surface area contributed by atoms with Crippen LogP contribution in [0.3, 0.4) is 0 Å². The average molecular weight is 318 g/mol. The molecule has 0 atom stereocenters. The lowest BCUT2D eigenvalue weighted by Crippen LogP contribution is -2.28. The number of hydrogen-bond acceptors (Lipinski definition) is 3. The molecule has 4 heteroatoms. The van der Waals surface area contributed by atoms with Gasteiger partial charge in [0.25, 0.3) is 5.91 Å². The van der Waals surface area contributed by atoms with E-state index in [-0.39, 0.29) is 11.5 Å². The number of hydrogen-bond donors (Lipinski definition) is 0. The fourth-order valence-corrected chi connectivity index (χ4v) is 2.69. The molecular formula is C20H18N2O2. The third kappa shape index (κ3) is 3.82. The van der Waals surface area contributed by atoms with E-state index < -0.39 is 0 Å². The summed E-state index contributed by atoms with van der Waals surface area (Å²) in [6, 6.07) is 18.9. The van der Waals surface area contributed by atoms with Crippen LogP contribution < -0.4 is 4.74 Å².